The minimum atomic E-state index is 0.879. The second kappa shape index (κ2) is 11.6. The molecule has 0 N–H and O–H groups in total. The molecule has 7 nitrogen and oxygen atoms in total. The smallest absolute Gasteiger partial charge is 0.135 e. The first-order valence-electron chi connectivity index (χ1n) is 18.4. The lowest BCUT2D eigenvalue weighted by molar-refractivity contribution is 0.669. The van der Waals surface area contributed by atoms with Gasteiger partial charge in [0.2, 0.25) is 0 Å². The number of rotatable bonds is 3. The van der Waals surface area contributed by atoms with E-state index >= 15 is 0 Å². The van der Waals surface area contributed by atoms with Gasteiger partial charge in [0.15, 0.2) is 0 Å². The fourth-order valence-electron chi connectivity index (χ4n) is 8.40. The van der Waals surface area contributed by atoms with Crippen LogP contribution in [0.25, 0.3) is 105 Å². The summed E-state index contributed by atoms with van der Waals surface area (Å²) in [5.74, 6) is 0. The van der Waals surface area contributed by atoms with Crippen LogP contribution >= 0.6 is 0 Å². The Bertz CT molecular complexity index is 3380. The second-order valence-corrected chi connectivity index (χ2v) is 13.3. The molecule has 7 aromatic heterocycles. The van der Waals surface area contributed by atoms with Gasteiger partial charge in [-0.15, -0.1) is 0 Å². The van der Waals surface area contributed by atoms with E-state index in [1.165, 1.54) is 0 Å². The van der Waals surface area contributed by atoms with Crippen LogP contribution in [0.4, 0.5) is 0 Å². The Morgan fingerprint density at radius 2 is 0.759 bits per heavy atom. The normalized spacial score (nSPS) is 11.9. The van der Waals surface area contributed by atoms with Crippen molar-refractivity contribution in [3.8, 4) is 17.1 Å². The molecule has 0 spiro atoms. The van der Waals surface area contributed by atoms with Gasteiger partial charge in [0.1, 0.15) is 11.2 Å². The molecule has 0 amide bonds. The molecule has 0 bridgehead atoms. The number of fused-ring (bicyclic) bond motifs is 12. The van der Waals surface area contributed by atoms with E-state index in [-0.39, 0.29) is 0 Å². The first-order chi connectivity index (χ1) is 26.8. The summed E-state index contributed by atoms with van der Waals surface area (Å²) >= 11 is 0. The molecule has 5 aromatic carbocycles. The Kier molecular flexibility index (Phi) is 6.54. The fraction of sp³-hybridized carbons (Fsp3) is 0.0426. The van der Waals surface area contributed by atoms with Crippen LogP contribution in [0.3, 0.4) is 0 Å². The van der Waals surface area contributed by atoms with Crippen LogP contribution in [0.5, 0.6) is 0 Å². The Hall–Kier alpha value is -7.25. The van der Waals surface area contributed by atoms with E-state index in [1.54, 1.807) is 0 Å². The highest BCUT2D eigenvalue weighted by Crippen LogP contribution is 2.39. The molecule has 0 fully saturated rings. The highest BCUT2D eigenvalue weighted by Gasteiger charge is 2.20. The summed E-state index contributed by atoms with van der Waals surface area (Å²) < 4.78 is 13.1. The van der Waals surface area contributed by atoms with Crippen molar-refractivity contribution in [1.29, 1.82) is 0 Å². The standard InChI is InChI=1S/C45H26N6O.C2H6/c1-3-10-35-31(9-1)43-38(11-5-21-46-43)49(35)27-15-18-36-33(25-27)44-39(12-6-22-47-44)50(36)28-16-19-37-34(26-28)45-40(13-7-23-48-45)51(37)29-17-20-42-32(24-29)30-8-2-4-14-41(30)52-42;1-2/h1-26H;1-2H3. The molecule has 0 radical (unpaired) electrons. The minimum Gasteiger partial charge on any atom is -0.456 e. The third-order valence-electron chi connectivity index (χ3n) is 10.6. The molecule has 0 aliphatic heterocycles. The van der Waals surface area contributed by atoms with Crippen LogP contribution in [0, 0.1) is 0 Å². The molecule has 12 rings (SSSR count). The zero-order valence-electron chi connectivity index (χ0n) is 29.6. The average Bonchev–Trinajstić information content (AvgIpc) is 3.97. The highest BCUT2D eigenvalue weighted by molar-refractivity contribution is 6.12. The van der Waals surface area contributed by atoms with E-state index in [1.807, 2.05) is 62.8 Å². The monoisotopic (exact) mass is 696 g/mol. The number of hydrogen-bond donors (Lipinski definition) is 0. The molecule has 0 atom stereocenters. The summed E-state index contributed by atoms with van der Waals surface area (Å²) in [6.07, 6.45) is 5.62. The van der Waals surface area contributed by atoms with Crippen LogP contribution in [-0.4, -0.2) is 28.7 Å². The van der Waals surface area contributed by atoms with Crippen molar-refractivity contribution in [2.24, 2.45) is 0 Å². The van der Waals surface area contributed by atoms with Crippen molar-refractivity contribution in [2.45, 2.75) is 13.8 Å². The fourth-order valence-corrected chi connectivity index (χ4v) is 8.40. The van der Waals surface area contributed by atoms with Crippen LogP contribution in [-0.2, 0) is 0 Å². The van der Waals surface area contributed by atoms with Gasteiger partial charge in [0.05, 0.1) is 49.7 Å². The number of hydrogen-bond acceptors (Lipinski definition) is 4. The average molecular weight is 697 g/mol. The SMILES string of the molecule is CC.c1ccc2c(c1)oc1ccc(-n3c4ccc(-n5c6ccc(-n7c8ccccc8c8ncccc87)cc6c6ncccc65)cc4c4ncccc43)cc12. The van der Waals surface area contributed by atoms with Crippen molar-refractivity contribution in [3.63, 3.8) is 0 Å². The molecule has 54 heavy (non-hydrogen) atoms. The van der Waals surface area contributed by atoms with E-state index in [0.717, 1.165) is 105 Å². The molecule has 0 saturated carbocycles. The van der Waals surface area contributed by atoms with Gasteiger partial charge >= 0.3 is 0 Å². The topological polar surface area (TPSA) is 66.6 Å². The Labute approximate surface area is 309 Å². The first-order valence-corrected chi connectivity index (χ1v) is 18.4. The number of furan rings is 1. The summed E-state index contributed by atoms with van der Waals surface area (Å²) in [5.41, 5.74) is 14.3. The lowest BCUT2D eigenvalue weighted by Gasteiger charge is -2.11. The third-order valence-corrected chi connectivity index (χ3v) is 10.6. The molecular formula is C47H32N6O. The van der Waals surface area contributed by atoms with Gasteiger partial charge in [0.25, 0.3) is 0 Å². The van der Waals surface area contributed by atoms with Gasteiger partial charge in [-0.2, -0.15) is 0 Å². The van der Waals surface area contributed by atoms with Crippen LogP contribution in [0.15, 0.2) is 163 Å². The van der Waals surface area contributed by atoms with Crippen molar-refractivity contribution >= 4 is 87.7 Å². The maximum Gasteiger partial charge on any atom is 0.135 e. The van der Waals surface area contributed by atoms with Crippen LogP contribution in [0.1, 0.15) is 13.8 Å². The Morgan fingerprint density at radius 1 is 0.352 bits per heavy atom. The molecule has 0 aliphatic rings. The zero-order valence-corrected chi connectivity index (χ0v) is 29.6. The van der Waals surface area contributed by atoms with E-state index in [2.05, 4.69) is 123 Å². The third kappa shape index (κ3) is 4.20. The van der Waals surface area contributed by atoms with Crippen molar-refractivity contribution in [3.05, 3.63) is 158 Å². The summed E-state index contributed by atoms with van der Waals surface area (Å²) in [6.45, 7) is 4.00. The van der Waals surface area contributed by atoms with Gasteiger partial charge in [-0.1, -0.05) is 50.2 Å². The molecular weight excluding hydrogens is 665 g/mol. The van der Waals surface area contributed by atoms with Gasteiger partial charge in [-0.3, -0.25) is 15.0 Å². The molecule has 7 heteroatoms. The second-order valence-electron chi connectivity index (χ2n) is 13.3. The van der Waals surface area contributed by atoms with Crippen LogP contribution in [0.2, 0.25) is 0 Å². The first kappa shape index (κ1) is 30.4. The van der Waals surface area contributed by atoms with Gasteiger partial charge in [-0.05, 0) is 103 Å². The van der Waals surface area contributed by atoms with Crippen molar-refractivity contribution < 1.29 is 4.42 Å². The van der Waals surface area contributed by atoms with Gasteiger partial charge in [-0.25, -0.2) is 0 Å². The van der Waals surface area contributed by atoms with E-state index in [4.69, 9.17) is 19.4 Å². The quantitative estimate of drug-likeness (QED) is 0.184. The Balaban J connectivity index is 0.00000168. The molecule has 12 aromatic rings. The maximum absolute atomic E-state index is 6.16. The maximum atomic E-state index is 6.16. The van der Waals surface area contributed by atoms with Gasteiger partial charge in [0, 0.05) is 62.6 Å². The number of aromatic nitrogens is 6. The molecule has 7 heterocycles. The highest BCUT2D eigenvalue weighted by atomic mass is 16.3. The number of nitrogens with zero attached hydrogens (tertiary/aromatic N) is 6. The van der Waals surface area contributed by atoms with E-state index in [0.29, 0.717) is 0 Å². The molecule has 0 saturated heterocycles. The molecule has 0 unspecified atom stereocenters. The minimum absolute atomic E-state index is 0.879. The van der Waals surface area contributed by atoms with Crippen LogP contribution < -0.4 is 0 Å². The largest absolute Gasteiger partial charge is 0.456 e. The van der Waals surface area contributed by atoms with Crippen molar-refractivity contribution in [1.82, 2.24) is 28.7 Å². The van der Waals surface area contributed by atoms with Gasteiger partial charge < -0.3 is 18.1 Å². The predicted octanol–water partition coefficient (Wildman–Crippen LogP) is 12.1. The summed E-state index contributed by atoms with van der Waals surface area (Å²) in [5, 5.41) is 5.51. The van der Waals surface area contributed by atoms with Crippen molar-refractivity contribution in [2.75, 3.05) is 0 Å². The predicted molar refractivity (Wildman–Crippen MR) is 221 cm³/mol. The van der Waals surface area contributed by atoms with E-state index < -0.39 is 0 Å². The number of para-hydroxylation sites is 2. The van der Waals surface area contributed by atoms with E-state index in [9.17, 15) is 0 Å². The molecule has 256 valence electrons. The Morgan fingerprint density at radius 3 is 1.33 bits per heavy atom. The summed E-state index contributed by atoms with van der Waals surface area (Å²) in [7, 11) is 0. The number of pyridine rings is 3. The molecule has 0 aliphatic carbocycles. The lowest BCUT2D eigenvalue weighted by Crippen LogP contribution is -1.96. The lowest BCUT2D eigenvalue weighted by atomic mass is 10.1. The summed E-state index contributed by atoms with van der Waals surface area (Å²) in [6, 6.07) is 49.0. The number of benzene rings is 5. The summed E-state index contributed by atoms with van der Waals surface area (Å²) in [4.78, 5) is 14.6. The zero-order chi connectivity index (χ0) is 35.9.